The molecule has 0 unspecified atom stereocenters. The molecular weight excluding hydrogens is 416 g/mol. The minimum atomic E-state index is -0.316. The minimum absolute atomic E-state index is 0.108. The number of rotatable bonds is 7. The van der Waals surface area contributed by atoms with Crippen LogP contribution in [-0.2, 0) is 4.79 Å². The van der Waals surface area contributed by atoms with Crippen molar-refractivity contribution in [3.05, 3.63) is 54.1 Å². The zero-order valence-corrected chi connectivity index (χ0v) is 18.6. The Kier molecular flexibility index (Phi) is 6.96. The second kappa shape index (κ2) is 9.65. The number of amides is 2. The van der Waals surface area contributed by atoms with Crippen LogP contribution in [0, 0.1) is 0 Å². The van der Waals surface area contributed by atoms with E-state index in [1.54, 1.807) is 43.5 Å². The smallest absolute Gasteiger partial charge is 0.277 e. The number of methoxy groups -OCH3 is 1. The lowest BCUT2D eigenvalue weighted by Crippen LogP contribution is -2.40. The summed E-state index contributed by atoms with van der Waals surface area (Å²) in [6.07, 6.45) is 0. The van der Waals surface area contributed by atoms with Crippen molar-refractivity contribution in [3.63, 3.8) is 0 Å². The Labute approximate surface area is 184 Å². The molecule has 1 heterocycles. The highest BCUT2D eigenvalue weighted by Gasteiger charge is 2.15. The number of nitrogens with one attached hydrogen (secondary N) is 2. The van der Waals surface area contributed by atoms with Gasteiger partial charge in [0.1, 0.15) is 5.75 Å². The van der Waals surface area contributed by atoms with Crippen LogP contribution in [0.15, 0.2) is 58.2 Å². The van der Waals surface area contributed by atoms with Gasteiger partial charge in [-0.2, -0.15) is 0 Å². The summed E-state index contributed by atoms with van der Waals surface area (Å²) in [5.74, 6) is 0.828. The molecule has 3 aromatic rings. The van der Waals surface area contributed by atoms with Gasteiger partial charge in [-0.25, -0.2) is 0 Å². The number of thioether (sulfide) groups is 1. The van der Waals surface area contributed by atoms with Crippen LogP contribution in [0.2, 0.25) is 0 Å². The zero-order valence-electron chi connectivity index (χ0n) is 17.8. The molecule has 0 saturated carbocycles. The number of benzene rings is 2. The molecule has 0 bridgehead atoms. The summed E-state index contributed by atoms with van der Waals surface area (Å²) in [7, 11) is 1.60. The summed E-state index contributed by atoms with van der Waals surface area (Å²) < 4.78 is 10.7. The van der Waals surface area contributed by atoms with Gasteiger partial charge < -0.3 is 19.8 Å². The van der Waals surface area contributed by atoms with Gasteiger partial charge in [0.25, 0.3) is 11.1 Å². The summed E-state index contributed by atoms with van der Waals surface area (Å²) in [4.78, 5) is 24.4. The van der Waals surface area contributed by atoms with Gasteiger partial charge in [0, 0.05) is 22.4 Å². The third-order valence-electron chi connectivity index (χ3n) is 3.99. The summed E-state index contributed by atoms with van der Waals surface area (Å²) >= 11 is 1.14. The summed E-state index contributed by atoms with van der Waals surface area (Å²) in [5, 5.41) is 14.0. The van der Waals surface area contributed by atoms with Crippen molar-refractivity contribution in [3.8, 4) is 17.2 Å². The van der Waals surface area contributed by atoms with Crippen molar-refractivity contribution in [1.82, 2.24) is 15.5 Å². The Hall–Kier alpha value is -3.33. The van der Waals surface area contributed by atoms with Gasteiger partial charge in [-0.3, -0.25) is 9.59 Å². The Bertz CT molecular complexity index is 1040. The molecule has 3 rings (SSSR count). The highest BCUT2D eigenvalue weighted by molar-refractivity contribution is 7.99. The van der Waals surface area contributed by atoms with Crippen LogP contribution in [0.3, 0.4) is 0 Å². The topological polar surface area (TPSA) is 106 Å². The number of ether oxygens (including phenoxy) is 1. The molecular formula is C22H24N4O4S. The van der Waals surface area contributed by atoms with Gasteiger partial charge in [-0.05, 0) is 69.3 Å². The van der Waals surface area contributed by atoms with E-state index in [9.17, 15) is 9.59 Å². The molecule has 0 radical (unpaired) electrons. The molecule has 31 heavy (non-hydrogen) atoms. The maximum absolute atomic E-state index is 12.2. The zero-order chi connectivity index (χ0) is 22.4. The highest BCUT2D eigenvalue weighted by Crippen LogP contribution is 2.25. The predicted molar refractivity (Wildman–Crippen MR) is 119 cm³/mol. The average molecular weight is 441 g/mol. The number of hydrogen-bond donors (Lipinski definition) is 2. The molecule has 1 aromatic heterocycles. The number of hydrogen-bond acceptors (Lipinski definition) is 7. The molecule has 0 spiro atoms. The normalized spacial score (nSPS) is 11.1. The second-order valence-electron chi connectivity index (χ2n) is 7.72. The summed E-state index contributed by atoms with van der Waals surface area (Å²) in [6.45, 7) is 5.75. The molecule has 9 heteroatoms. The predicted octanol–water partition coefficient (Wildman–Crippen LogP) is 4.00. The largest absolute Gasteiger partial charge is 0.497 e. The first-order chi connectivity index (χ1) is 14.7. The fraction of sp³-hybridized carbons (Fsp3) is 0.273. The van der Waals surface area contributed by atoms with Crippen molar-refractivity contribution in [2.45, 2.75) is 31.5 Å². The maximum atomic E-state index is 12.2. The molecule has 0 aliphatic carbocycles. The molecule has 162 valence electrons. The van der Waals surface area contributed by atoms with Gasteiger partial charge in [0.2, 0.25) is 11.8 Å². The third kappa shape index (κ3) is 6.58. The number of aromatic nitrogens is 2. The van der Waals surface area contributed by atoms with Crippen molar-refractivity contribution in [1.29, 1.82) is 0 Å². The number of nitrogens with zero attached hydrogens (tertiary/aromatic N) is 2. The molecule has 2 N–H and O–H groups in total. The van der Waals surface area contributed by atoms with E-state index in [4.69, 9.17) is 9.15 Å². The monoisotopic (exact) mass is 440 g/mol. The Morgan fingerprint density at radius 1 is 1.03 bits per heavy atom. The van der Waals surface area contributed by atoms with Crippen LogP contribution in [-0.4, -0.2) is 40.4 Å². The van der Waals surface area contributed by atoms with Crippen LogP contribution in [0.5, 0.6) is 5.75 Å². The Balaban J connectivity index is 1.51. The van der Waals surface area contributed by atoms with E-state index in [0.29, 0.717) is 22.4 Å². The van der Waals surface area contributed by atoms with E-state index in [1.165, 1.54) is 0 Å². The molecule has 0 aliphatic rings. The molecule has 8 nitrogen and oxygen atoms in total. The van der Waals surface area contributed by atoms with E-state index in [-0.39, 0.29) is 23.1 Å². The second-order valence-corrected chi connectivity index (χ2v) is 8.65. The Morgan fingerprint density at radius 3 is 2.32 bits per heavy atom. The lowest BCUT2D eigenvalue weighted by atomic mass is 10.1. The molecule has 0 saturated heterocycles. The molecule has 0 atom stereocenters. The van der Waals surface area contributed by atoms with E-state index in [0.717, 1.165) is 23.1 Å². The molecule has 2 aromatic carbocycles. The number of anilines is 1. The van der Waals surface area contributed by atoms with E-state index < -0.39 is 0 Å². The van der Waals surface area contributed by atoms with Crippen LogP contribution >= 0.6 is 11.8 Å². The van der Waals surface area contributed by atoms with Crippen molar-refractivity contribution in [2.24, 2.45) is 0 Å². The first-order valence-corrected chi connectivity index (χ1v) is 10.6. The van der Waals surface area contributed by atoms with Gasteiger partial charge in [-0.1, -0.05) is 11.8 Å². The van der Waals surface area contributed by atoms with Crippen LogP contribution in [0.4, 0.5) is 5.69 Å². The molecule has 0 aliphatic heterocycles. The van der Waals surface area contributed by atoms with Crippen molar-refractivity contribution >= 4 is 29.3 Å². The molecule has 2 amide bonds. The van der Waals surface area contributed by atoms with Gasteiger partial charge in [0.15, 0.2) is 0 Å². The van der Waals surface area contributed by atoms with E-state index in [1.807, 2.05) is 32.9 Å². The number of carbonyl (C=O) groups excluding carboxylic acids is 2. The van der Waals surface area contributed by atoms with Crippen molar-refractivity contribution < 1.29 is 18.7 Å². The fourth-order valence-corrected chi connectivity index (χ4v) is 3.12. The minimum Gasteiger partial charge on any atom is -0.497 e. The summed E-state index contributed by atoms with van der Waals surface area (Å²) in [5.41, 5.74) is 1.57. The van der Waals surface area contributed by atoms with Crippen molar-refractivity contribution in [2.75, 3.05) is 18.2 Å². The lowest BCUT2D eigenvalue weighted by Gasteiger charge is -2.20. The average Bonchev–Trinajstić information content (AvgIpc) is 3.21. The van der Waals surface area contributed by atoms with E-state index in [2.05, 4.69) is 20.8 Å². The quantitative estimate of drug-likeness (QED) is 0.535. The lowest BCUT2D eigenvalue weighted by molar-refractivity contribution is -0.113. The van der Waals surface area contributed by atoms with E-state index >= 15 is 0 Å². The van der Waals surface area contributed by atoms with Crippen LogP contribution in [0.1, 0.15) is 31.1 Å². The SMILES string of the molecule is COc1ccc(-c2nnc(SCC(=O)Nc3ccc(C(=O)NC(C)(C)C)cc3)o2)cc1. The molecule has 0 fully saturated rings. The highest BCUT2D eigenvalue weighted by atomic mass is 32.2. The van der Waals surface area contributed by atoms with Crippen LogP contribution < -0.4 is 15.4 Å². The first kappa shape index (κ1) is 22.4. The van der Waals surface area contributed by atoms with Gasteiger partial charge >= 0.3 is 0 Å². The first-order valence-electron chi connectivity index (χ1n) is 9.57. The van der Waals surface area contributed by atoms with Crippen LogP contribution in [0.25, 0.3) is 11.5 Å². The van der Waals surface area contributed by atoms with Gasteiger partial charge in [-0.15, -0.1) is 10.2 Å². The fourth-order valence-electron chi connectivity index (χ4n) is 2.56. The third-order valence-corrected chi connectivity index (χ3v) is 4.81. The Morgan fingerprint density at radius 2 is 1.71 bits per heavy atom. The summed E-state index contributed by atoms with van der Waals surface area (Å²) in [6, 6.07) is 14.0. The maximum Gasteiger partial charge on any atom is 0.277 e. The van der Waals surface area contributed by atoms with Gasteiger partial charge in [0.05, 0.1) is 12.9 Å². The number of carbonyl (C=O) groups is 2. The standard InChI is InChI=1S/C22H24N4O4S/c1-22(2,3)24-19(28)14-5-9-16(10-6-14)23-18(27)13-31-21-26-25-20(30-21)15-7-11-17(29-4)12-8-15/h5-12H,13H2,1-4H3,(H,23,27)(H,24,28).